The van der Waals surface area contributed by atoms with E-state index in [0.29, 0.717) is 0 Å². The predicted molar refractivity (Wildman–Crippen MR) is 66.1 cm³/mol. The minimum absolute atomic E-state index is 0.0221. The molecule has 0 atom stereocenters. The van der Waals surface area contributed by atoms with Gasteiger partial charge in [-0.25, -0.2) is 0 Å². The molecule has 0 aliphatic carbocycles. The van der Waals surface area contributed by atoms with E-state index < -0.39 is 0 Å². The van der Waals surface area contributed by atoms with Crippen molar-refractivity contribution >= 4 is 0 Å². The van der Waals surface area contributed by atoms with Crippen molar-refractivity contribution in [2.24, 2.45) is 5.73 Å². The molecule has 0 spiro atoms. The van der Waals surface area contributed by atoms with Gasteiger partial charge in [0.25, 0.3) is 0 Å². The van der Waals surface area contributed by atoms with Gasteiger partial charge in [-0.05, 0) is 53.2 Å². The third kappa shape index (κ3) is 10.2. The van der Waals surface area contributed by atoms with Crippen molar-refractivity contribution in [2.75, 3.05) is 32.8 Å². The summed E-state index contributed by atoms with van der Waals surface area (Å²) in [6.45, 7) is 13.3. The van der Waals surface area contributed by atoms with E-state index in [1.807, 2.05) is 0 Å². The fourth-order valence-corrected chi connectivity index (χ4v) is 1.45. The number of nitrogens with zero attached hydrogens (tertiary/aromatic N) is 1. The van der Waals surface area contributed by atoms with Gasteiger partial charge in [-0.2, -0.15) is 0 Å². The largest absolute Gasteiger partial charge is 0.375 e. The van der Waals surface area contributed by atoms with Crippen molar-refractivity contribution in [3.63, 3.8) is 0 Å². The zero-order valence-corrected chi connectivity index (χ0v) is 10.9. The SMILES string of the molecule is CCCN(CCCN)CCOC(C)(C)C. The molecule has 0 fully saturated rings. The lowest BCUT2D eigenvalue weighted by atomic mass is 10.2. The van der Waals surface area contributed by atoms with Crippen LogP contribution in [-0.2, 0) is 4.74 Å². The van der Waals surface area contributed by atoms with Gasteiger partial charge in [-0.1, -0.05) is 6.92 Å². The van der Waals surface area contributed by atoms with Crippen LogP contribution in [-0.4, -0.2) is 43.3 Å². The zero-order valence-electron chi connectivity index (χ0n) is 10.9. The number of hydrogen-bond donors (Lipinski definition) is 1. The number of hydrogen-bond acceptors (Lipinski definition) is 3. The molecular formula is C12H28N2O. The Kier molecular flexibility index (Phi) is 8.02. The summed E-state index contributed by atoms with van der Waals surface area (Å²) < 4.78 is 5.71. The van der Waals surface area contributed by atoms with Crippen LogP contribution in [0.2, 0.25) is 0 Å². The van der Waals surface area contributed by atoms with Gasteiger partial charge in [0.1, 0.15) is 0 Å². The molecule has 0 aliphatic rings. The molecule has 0 aromatic heterocycles. The molecule has 0 bridgehead atoms. The molecule has 0 aromatic carbocycles. The molecule has 0 saturated carbocycles. The molecule has 92 valence electrons. The van der Waals surface area contributed by atoms with Gasteiger partial charge in [0.05, 0.1) is 12.2 Å². The van der Waals surface area contributed by atoms with Crippen molar-refractivity contribution in [3.05, 3.63) is 0 Å². The average Bonchev–Trinajstić information content (AvgIpc) is 2.12. The fraction of sp³-hybridized carbons (Fsp3) is 1.00. The molecule has 0 aliphatic heterocycles. The van der Waals surface area contributed by atoms with E-state index in [2.05, 4.69) is 32.6 Å². The molecule has 15 heavy (non-hydrogen) atoms. The maximum atomic E-state index is 5.71. The predicted octanol–water partition coefficient (Wildman–Crippen LogP) is 1.86. The summed E-state index contributed by atoms with van der Waals surface area (Å²) in [5.41, 5.74) is 5.49. The van der Waals surface area contributed by atoms with Crippen molar-refractivity contribution < 1.29 is 4.74 Å². The summed E-state index contributed by atoms with van der Waals surface area (Å²) in [4.78, 5) is 2.43. The van der Waals surface area contributed by atoms with Gasteiger partial charge >= 0.3 is 0 Å². The van der Waals surface area contributed by atoms with E-state index in [-0.39, 0.29) is 5.60 Å². The summed E-state index contributed by atoms with van der Waals surface area (Å²) in [5, 5.41) is 0. The topological polar surface area (TPSA) is 38.5 Å². The number of rotatable bonds is 8. The minimum Gasteiger partial charge on any atom is -0.375 e. The van der Waals surface area contributed by atoms with Crippen LogP contribution in [0.5, 0.6) is 0 Å². The summed E-state index contributed by atoms with van der Waals surface area (Å²) in [6.07, 6.45) is 2.27. The minimum atomic E-state index is -0.0221. The van der Waals surface area contributed by atoms with Crippen LogP contribution in [0.4, 0.5) is 0 Å². The Morgan fingerprint density at radius 2 is 1.80 bits per heavy atom. The van der Waals surface area contributed by atoms with Crippen LogP contribution in [0, 0.1) is 0 Å². The molecule has 3 nitrogen and oxygen atoms in total. The first-order valence-electron chi connectivity index (χ1n) is 6.06. The maximum absolute atomic E-state index is 5.71. The van der Waals surface area contributed by atoms with Gasteiger partial charge in [-0.3, -0.25) is 0 Å². The molecule has 0 aromatic rings. The summed E-state index contributed by atoms with van der Waals surface area (Å²) >= 11 is 0. The highest BCUT2D eigenvalue weighted by Crippen LogP contribution is 2.06. The monoisotopic (exact) mass is 216 g/mol. The van der Waals surface area contributed by atoms with E-state index in [4.69, 9.17) is 10.5 Å². The van der Waals surface area contributed by atoms with E-state index in [1.165, 1.54) is 6.42 Å². The lowest BCUT2D eigenvalue weighted by Gasteiger charge is -2.25. The highest BCUT2D eigenvalue weighted by molar-refractivity contribution is 4.62. The summed E-state index contributed by atoms with van der Waals surface area (Å²) in [6, 6.07) is 0. The third-order valence-electron chi connectivity index (χ3n) is 2.16. The molecule has 2 N–H and O–H groups in total. The van der Waals surface area contributed by atoms with Gasteiger partial charge in [0.15, 0.2) is 0 Å². The van der Waals surface area contributed by atoms with Crippen molar-refractivity contribution in [2.45, 2.75) is 46.1 Å². The second-order valence-corrected chi connectivity index (χ2v) is 4.94. The lowest BCUT2D eigenvalue weighted by molar-refractivity contribution is -0.0131. The van der Waals surface area contributed by atoms with E-state index >= 15 is 0 Å². The number of nitrogens with two attached hydrogens (primary N) is 1. The molecule has 0 heterocycles. The van der Waals surface area contributed by atoms with Gasteiger partial charge in [0.2, 0.25) is 0 Å². The Hall–Kier alpha value is -0.120. The first-order chi connectivity index (χ1) is 6.99. The standard InChI is InChI=1S/C12H28N2O/c1-5-8-14(9-6-7-13)10-11-15-12(2,3)4/h5-11,13H2,1-4H3. The lowest BCUT2D eigenvalue weighted by Crippen LogP contribution is -2.33. The van der Waals surface area contributed by atoms with Crippen LogP contribution >= 0.6 is 0 Å². The van der Waals surface area contributed by atoms with Gasteiger partial charge < -0.3 is 15.4 Å². The fourth-order valence-electron chi connectivity index (χ4n) is 1.45. The second-order valence-electron chi connectivity index (χ2n) is 4.94. The van der Waals surface area contributed by atoms with Crippen LogP contribution in [0.3, 0.4) is 0 Å². The Labute approximate surface area is 95.0 Å². The Morgan fingerprint density at radius 1 is 1.13 bits per heavy atom. The van der Waals surface area contributed by atoms with Crippen molar-refractivity contribution in [3.8, 4) is 0 Å². The molecular weight excluding hydrogens is 188 g/mol. The van der Waals surface area contributed by atoms with Crippen molar-refractivity contribution in [1.29, 1.82) is 0 Å². The van der Waals surface area contributed by atoms with E-state index in [1.54, 1.807) is 0 Å². The van der Waals surface area contributed by atoms with Crippen LogP contribution in [0.15, 0.2) is 0 Å². The van der Waals surface area contributed by atoms with Gasteiger partial charge in [0, 0.05) is 6.54 Å². The summed E-state index contributed by atoms with van der Waals surface area (Å²) in [5.74, 6) is 0. The maximum Gasteiger partial charge on any atom is 0.0600 e. The van der Waals surface area contributed by atoms with Crippen molar-refractivity contribution in [1.82, 2.24) is 4.90 Å². The van der Waals surface area contributed by atoms with E-state index in [9.17, 15) is 0 Å². The smallest absolute Gasteiger partial charge is 0.0600 e. The Balaban J connectivity index is 3.65. The van der Waals surface area contributed by atoms with E-state index in [0.717, 1.165) is 39.2 Å². The Bertz CT molecular complexity index is 143. The second kappa shape index (κ2) is 8.08. The molecule has 3 heteroatoms. The summed E-state index contributed by atoms with van der Waals surface area (Å²) in [7, 11) is 0. The third-order valence-corrected chi connectivity index (χ3v) is 2.16. The molecule has 0 unspecified atom stereocenters. The Morgan fingerprint density at radius 3 is 2.27 bits per heavy atom. The van der Waals surface area contributed by atoms with Crippen LogP contribution in [0.25, 0.3) is 0 Å². The molecule has 0 radical (unpaired) electrons. The normalized spacial score (nSPS) is 12.4. The quantitative estimate of drug-likeness (QED) is 0.673. The molecule has 0 amide bonds. The highest BCUT2D eigenvalue weighted by atomic mass is 16.5. The van der Waals surface area contributed by atoms with Crippen LogP contribution < -0.4 is 5.73 Å². The van der Waals surface area contributed by atoms with Gasteiger partial charge in [-0.15, -0.1) is 0 Å². The molecule has 0 saturated heterocycles. The van der Waals surface area contributed by atoms with Crippen LogP contribution in [0.1, 0.15) is 40.5 Å². The first kappa shape index (κ1) is 14.9. The number of ether oxygens (including phenoxy) is 1. The average molecular weight is 216 g/mol. The zero-order chi connectivity index (χ0) is 11.7. The highest BCUT2D eigenvalue weighted by Gasteiger charge is 2.10. The first-order valence-corrected chi connectivity index (χ1v) is 6.06. The molecule has 0 rings (SSSR count).